The quantitative estimate of drug-likeness (QED) is 0.309. The zero-order valence-electron chi connectivity index (χ0n) is 18.5. The van der Waals surface area contributed by atoms with Gasteiger partial charge in [0.15, 0.2) is 9.84 Å². The first-order valence-corrected chi connectivity index (χ1v) is 12.7. The van der Waals surface area contributed by atoms with Crippen LogP contribution < -0.4 is 4.74 Å². The minimum absolute atomic E-state index is 0.297. The van der Waals surface area contributed by atoms with E-state index in [1.165, 1.54) is 6.26 Å². The molecule has 2 heterocycles. The summed E-state index contributed by atoms with van der Waals surface area (Å²) in [7, 11) is -3.42. The number of hydrogen-bond acceptors (Lipinski definition) is 5. The predicted molar refractivity (Wildman–Crippen MR) is 134 cm³/mol. The Morgan fingerprint density at radius 1 is 0.765 bits per heavy atom. The van der Waals surface area contributed by atoms with Crippen molar-refractivity contribution in [3.8, 4) is 28.1 Å². The van der Waals surface area contributed by atoms with Crippen LogP contribution >= 0.6 is 0 Å². The normalized spacial score (nSPS) is 11.4. The molecule has 0 aliphatic heterocycles. The number of benzene rings is 3. The number of nitrogens with zero attached hydrogens (tertiary/aromatic N) is 2. The fraction of sp³-hybridized carbons (Fsp3) is 0.0714. The van der Waals surface area contributed by atoms with Crippen LogP contribution in [-0.2, 0) is 16.4 Å². The Bertz CT molecular complexity index is 1570. The Morgan fingerprint density at radius 2 is 1.53 bits per heavy atom. The average molecular weight is 467 g/mol. The van der Waals surface area contributed by atoms with Gasteiger partial charge in [-0.3, -0.25) is 4.98 Å². The van der Waals surface area contributed by atoms with Gasteiger partial charge in [-0.1, -0.05) is 54.6 Å². The van der Waals surface area contributed by atoms with E-state index in [9.17, 15) is 8.42 Å². The Kier molecular flexibility index (Phi) is 5.82. The van der Waals surface area contributed by atoms with Crippen molar-refractivity contribution in [1.29, 1.82) is 0 Å². The van der Waals surface area contributed by atoms with Gasteiger partial charge in [0.25, 0.3) is 0 Å². The first-order chi connectivity index (χ1) is 16.5. The van der Waals surface area contributed by atoms with Crippen LogP contribution in [-0.4, -0.2) is 24.6 Å². The lowest BCUT2D eigenvalue weighted by Gasteiger charge is -2.15. The van der Waals surface area contributed by atoms with Crippen LogP contribution in [0.5, 0.6) is 5.88 Å². The second-order valence-corrected chi connectivity index (χ2v) is 10.00. The standard InChI is InChI=1S/C28H22N2O3S/c1-34(31,32)26-8-4-6-24(28(26)23-15-17-29-18-16-23)21-11-9-20(10-12-21)19-33-27-14-13-22-5-2-3-7-25(22)30-27/h2-18H,19H2,1H3. The minimum Gasteiger partial charge on any atom is -0.473 e. The summed E-state index contributed by atoms with van der Waals surface area (Å²) in [6, 6.07) is 28.7. The average Bonchev–Trinajstić information content (AvgIpc) is 2.87. The van der Waals surface area contributed by atoms with Crippen molar-refractivity contribution >= 4 is 20.7 Å². The smallest absolute Gasteiger partial charge is 0.214 e. The summed E-state index contributed by atoms with van der Waals surface area (Å²) in [6.45, 7) is 0.381. The summed E-state index contributed by atoms with van der Waals surface area (Å²) < 4.78 is 31.0. The third-order valence-corrected chi connectivity index (χ3v) is 6.76. The minimum atomic E-state index is -3.42. The van der Waals surface area contributed by atoms with Crippen LogP contribution in [0.15, 0.2) is 108 Å². The fourth-order valence-corrected chi connectivity index (χ4v) is 4.89. The largest absolute Gasteiger partial charge is 0.473 e. The van der Waals surface area contributed by atoms with E-state index in [1.807, 2.05) is 78.9 Å². The first-order valence-electron chi connectivity index (χ1n) is 10.8. The van der Waals surface area contributed by atoms with Gasteiger partial charge in [0.2, 0.25) is 5.88 Å². The maximum Gasteiger partial charge on any atom is 0.214 e. The molecule has 0 N–H and O–H groups in total. The Hall–Kier alpha value is -4.03. The molecule has 34 heavy (non-hydrogen) atoms. The number of pyridine rings is 2. The van der Waals surface area contributed by atoms with Gasteiger partial charge < -0.3 is 4.74 Å². The third-order valence-electron chi connectivity index (χ3n) is 5.62. The van der Waals surface area contributed by atoms with Crippen molar-refractivity contribution in [3.05, 3.63) is 109 Å². The van der Waals surface area contributed by atoms with Crippen molar-refractivity contribution < 1.29 is 13.2 Å². The second kappa shape index (κ2) is 9.08. The number of sulfone groups is 1. The number of para-hydroxylation sites is 1. The van der Waals surface area contributed by atoms with Crippen molar-refractivity contribution in [2.24, 2.45) is 0 Å². The van der Waals surface area contributed by atoms with E-state index >= 15 is 0 Å². The molecule has 0 bridgehead atoms. The molecule has 3 aromatic carbocycles. The SMILES string of the molecule is CS(=O)(=O)c1cccc(-c2ccc(COc3ccc4ccccc4n3)cc2)c1-c1ccncc1. The molecule has 168 valence electrons. The maximum atomic E-state index is 12.5. The van der Waals surface area contributed by atoms with Gasteiger partial charge in [0.1, 0.15) is 6.61 Å². The van der Waals surface area contributed by atoms with Crippen LogP contribution in [0.3, 0.4) is 0 Å². The monoisotopic (exact) mass is 466 g/mol. The zero-order valence-corrected chi connectivity index (χ0v) is 19.4. The van der Waals surface area contributed by atoms with Crippen LogP contribution in [0.25, 0.3) is 33.2 Å². The molecule has 0 aliphatic rings. The molecule has 0 atom stereocenters. The van der Waals surface area contributed by atoms with Crippen LogP contribution in [0.1, 0.15) is 5.56 Å². The third kappa shape index (κ3) is 4.54. The molecule has 0 radical (unpaired) electrons. The van der Waals surface area contributed by atoms with Gasteiger partial charge in [-0.15, -0.1) is 0 Å². The van der Waals surface area contributed by atoms with E-state index in [-0.39, 0.29) is 0 Å². The number of aromatic nitrogens is 2. The lowest BCUT2D eigenvalue weighted by molar-refractivity contribution is 0.295. The summed E-state index contributed by atoms with van der Waals surface area (Å²) in [6.07, 6.45) is 4.57. The molecule has 0 fully saturated rings. The molecule has 6 heteroatoms. The second-order valence-electron chi connectivity index (χ2n) is 8.01. The van der Waals surface area contributed by atoms with Crippen molar-refractivity contribution in [2.45, 2.75) is 11.5 Å². The zero-order chi connectivity index (χ0) is 23.5. The highest BCUT2D eigenvalue weighted by Gasteiger charge is 2.19. The molecule has 0 saturated heterocycles. The topological polar surface area (TPSA) is 69.2 Å². The van der Waals surface area contributed by atoms with E-state index in [1.54, 1.807) is 24.5 Å². The molecule has 5 aromatic rings. The summed E-state index contributed by atoms with van der Waals surface area (Å²) >= 11 is 0. The molecule has 0 spiro atoms. The highest BCUT2D eigenvalue weighted by Crippen LogP contribution is 2.37. The van der Waals surface area contributed by atoms with E-state index in [2.05, 4.69) is 9.97 Å². The Labute approximate surface area is 198 Å². The summed E-state index contributed by atoms with van der Waals surface area (Å²) in [5.74, 6) is 0.573. The van der Waals surface area contributed by atoms with E-state index in [4.69, 9.17) is 4.74 Å². The maximum absolute atomic E-state index is 12.5. The van der Waals surface area contributed by atoms with Crippen molar-refractivity contribution in [1.82, 2.24) is 9.97 Å². The molecule has 2 aromatic heterocycles. The van der Waals surface area contributed by atoms with Gasteiger partial charge >= 0.3 is 0 Å². The highest BCUT2D eigenvalue weighted by atomic mass is 32.2. The van der Waals surface area contributed by atoms with Gasteiger partial charge in [-0.05, 0) is 52.6 Å². The summed E-state index contributed by atoms with van der Waals surface area (Å²) in [4.78, 5) is 8.92. The van der Waals surface area contributed by atoms with Crippen molar-refractivity contribution in [2.75, 3.05) is 6.26 Å². The molecule has 0 amide bonds. The number of fused-ring (bicyclic) bond motifs is 1. The molecular formula is C28H22N2O3S. The van der Waals surface area contributed by atoms with E-state index in [0.29, 0.717) is 22.9 Å². The lowest BCUT2D eigenvalue weighted by Crippen LogP contribution is -2.02. The number of ether oxygens (including phenoxy) is 1. The molecule has 0 unspecified atom stereocenters. The van der Waals surface area contributed by atoms with Gasteiger partial charge in [-0.25, -0.2) is 13.4 Å². The van der Waals surface area contributed by atoms with Crippen molar-refractivity contribution in [3.63, 3.8) is 0 Å². The van der Waals surface area contributed by atoms with Gasteiger partial charge in [0.05, 0.1) is 10.4 Å². The van der Waals surface area contributed by atoms with Crippen LogP contribution in [0, 0.1) is 0 Å². The molecule has 0 saturated carbocycles. The van der Waals surface area contributed by atoms with E-state index < -0.39 is 9.84 Å². The lowest BCUT2D eigenvalue weighted by atomic mass is 9.94. The van der Waals surface area contributed by atoms with Crippen LogP contribution in [0.2, 0.25) is 0 Å². The molecule has 5 rings (SSSR count). The fourth-order valence-electron chi connectivity index (χ4n) is 3.96. The van der Waals surface area contributed by atoms with Gasteiger partial charge in [-0.2, -0.15) is 0 Å². The molecule has 5 nitrogen and oxygen atoms in total. The Morgan fingerprint density at radius 3 is 2.29 bits per heavy atom. The van der Waals surface area contributed by atoms with E-state index in [0.717, 1.165) is 33.2 Å². The summed E-state index contributed by atoms with van der Waals surface area (Å²) in [5.41, 5.74) is 5.13. The van der Waals surface area contributed by atoms with Crippen LogP contribution in [0.4, 0.5) is 0 Å². The number of hydrogen-bond donors (Lipinski definition) is 0. The predicted octanol–water partition coefficient (Wildman–Crippen LogP) is 5.95. The molecule has 0 aliphatic carbocycles. The van der Waals surface area contributed by atoms with Gasteiger partial charge in [0, 0.05) is 35.7 Å². The first kappa shape index (κ1) is 21.8. The summed E-state index contributed by atoms with van der Waals surface area (Å²) in [5, 5.41) is 1.07. The highest BCUT2D eigenvalue weighted by molar-refractivity contribution is 7.90. The molecular weight excluding hydrogens is 444 g/mol. The Balaban J connectivity index is 1.44. The number of rotatable bonds is 6.